The summed E-state index contributed by atoms with van der Waals surface area (Å²) in [6, 6.07) is 5.92. The summed E-state index contributed by atoms with van der Waals surface area (Å²) in [6.45, 7) is 2.77. The van der Waals surface area contributed by atoms with Gasteiger partial charge in [0.1, 0.15) is 5.75 Å². The Morgan fingerprint density at radius 1 is 1.28 bits per heavy atom. The van der Waals surface area contributed by atoms with Gasteiger partial charge in [-0.05, 0) is 75.2 Å². The molecule has 1 amide bonds. The fourth-order valence-corrected chi connectivity index (χ4v) is 8.05. The number of carbonyl (C=O) groups excluding carboxylic acids is 1. The SMILES string of the molecule is CN1CCC(c2ccc3cc2OCCS[C@@H]2C[C@@H]4C[C@H]2[C@@H](Nc2nc(ncc2F)N3)[C@H]4C(N)=O)CC1. The zero-order valence-electron chi connectivity index (χ0n) is 20.5. The van der Waals surface area contributed by atoms with Crippen LogP contribution in [0.5, 0.6) is 5.75 Å². The fourth-order valence-electron chi connectivity index (χ4n) is 6.66. The van der Waals surface area contributed by atoms with Crippen molar-refractivity contribution in [2.24, 2.45) is 23.5 Å². The smallest absolute Gasteiger partial charge is 0.229 e. The minimum atomic E-state index is -0.540. The van der Waals surface area contributed by atoms with Crippen LogP contribution in [0.4, 0.5) is 21.8 Å². The lowest BCUT2D eigenvalue weighted by Gasteiger charge is -2.35. The first kappa shape index (κ1) is 23.8. The number of nitrogens with two attached hydrogens (primary N) is 1. The number of nitrogens with one attached hydrogen (secondary N) is 2. The van der Waals surface area contributed by atoms with E-state index in [2.05, 4.69) is 38.6 Å². The topological polar surface area (TPSA) is 105 Å². The number of piperidine rings is 1. The van der Waals surface area contributed by atoms with Crippen LogP contribution < -0.4 is 21.1 Å². The van der Waals surface area contributed by atoms with Crippen molar-refractivity contribution in [1.29, 1.82) is 0 Å². The van der Waals surface area contributed by atoms with Crippen molar-refractivity contribution in [2.45, 2.75) is 42.9 Å². The average Bonchev–Trinajstić information content (AvgIpc) is 3.42. The van der Waals surface area contributed by atoms with Crippen LogP contribution in [0.15, 0.2) is 24.4 Å². The van der Waals surface area contributed by atoms with Crippen LogP contribution in [0.25, 0.3) is 0 Å². The van der Waals surface area contributed by atoms with Crippen molar-refractivity contribution < 1.29 is 13.9 Å². The normalized spacial score (nSPS) is 30.4. The van der Waals surface area contributed by atoms with Gasteiger partial charge in [-0.15, -0.1) is 0 Å². The number of ether oxygens (including phenoxy) is 1. The minimum absolute atomic E-state index is 0.106. The third-order valence-corrected chi connectivity index (χ3v) is 9.79. The van der Waals surface area contributed by atoms with E-state index >= 15 is 0 Å². The summed E-state index contributed by atoms with van der Waals surface area (Å²) >= 11 is 1.89. The Morgan fingerprint density at radius 3 is 2.92 bits per heavy atom. The molecule has 2 aliphatic heterocycles. The van der Waals surface area contributed by atoms with Gasteiger partial charge in [-0.1, -0.05) is 6.07 Å². The molecular weight excluding hydrogens is 479 g/mol. The molecule has 0 unspecified atom stereocenters. The first-order valence-corrected chi connectivity index (χ1v) is 13.9. The summed E-state index contributed by atoms with van der Waals surface area (Å²) < 4.78 is 21.2. The summed E-state index contributed by atoms with van der Waals surface area (Å²) in [5.74, 6) is 1.87. The number of rotatable bonds is 2. The largest absolute Gasteiger partial charge is 0.492 e. The van der Waals surface area contributed by atoms with Crippen molar-refractivity contribution in [3.63, 3.8) is 0 Å². The number of nitrogens with zero attached hydrogens (tertiary/aromatic N) is 3. The van der Waals surface area contributed by atoms with E-state index in [4.69, 9.17) is 10.5 Å². The maximum atomic E-state index is 14.8. The van der Waals surface area contributed by atoms with E-state index in [-0.39, 0.29) is 41.5 Å². The summed E-state index contributed by atoms with van der Waals surface area (Å²) in [5.41, 5.74) is 7.83. The van der Waals surface area contributed by atoms with Crippen LogP contribution in [0.3, 0.4) is 0 Å². The van der Waals surface area contributed by atoms with Crippen molar-refractivity contribution in [3.05, 3.63) is 35.8 Å². The standard InChI is InChI=1S/C26H33FN6O2S/c1-33-6-4-14(5-7-33)17-3-2-16-12-20(17)35-8-9-36-21-11-15-10-18(21)23(22(15)24(28)34)31-25-19(27)13-29-26(30-16)32-25/h2-3,12-15,18,21-23H,4-11H2,1H3,(H2,28,34)(H2,29,30,31,32)/t15-,18+,21+,22-,23+/m0/s1. The maximum Gasteiger partial charge on any atom is 0.229 e. The van der Waals surface area contributed by atoms with Crippen LogP contribution in [0.1, 0.15) is 37.2 Å². The molecule has 8 nitrogen and oxygen atoms in total. The number of primary amides is 1. The number of amides is 1. The molecule has 2 saturated carbocycles. The highest BCUT2D eigenvalue weighted by Crippen LogP contribution is 2.53. The molecule has 6 bridgehead atoms. The molecule has 2 aromatic rings. The Labute approximate surface area is 215 Å². The number of aromatic nitrogens is 2. The molecule has 1 aromatic carbocycles. The highest BCUT2D eigenvalue weighted by Gasteiger charge is 2.55. The molecule has 36 heavy (non-hydrogen) atoms. The van der Waals surface area contributed by atoms with Crippen LogP contribution in [-0.2, 0) is 4.79 Å². The van der Waals surface area contributed by atoms with Gasteiger partial charge < -0.3 is 26.0 Å². The summed E-state index contributed by atoms with van der Waals surface area (Å²) in [4.78, 5) is 23.3. The predicted octanol–water partition coefficient (Wildman–Crippen LogP) is 3.58. The van der Waals surface area contributed by atoms with E-state index in [1.165, 1.54) is 11.8 Å². The van der Waals surface area contributed by atoms with E-state index < -0.39 is 5.82 Å². The second-order valence-corrected chi connectivity index (χ2v) is 11.9. The van der Waals surface area contributed by atoms with E-state index in [9.17, 15) is 9.18 Å². The van der Waals surface area contributed by atoms with Gasteiger partial charge >= 0.3 is 0 Å². The van der Waals surface area contributed by atoms with E-state index in [0.717, 1.165) is 56.0 Å². The predicted molar refractivity (Wildman–Crippen MR) is 139 cm³/mol. The average molecular weight is 513 g/mol. The van der Waals surface area contributed by atoms with Gasteiger partial charge in [0.15, 0.2) is 11.6 Å². The second kappa shape index (κ2) is 9.70. The number of fused-ring (bicyclic) bond motifs is 5. The molecule has 3 heterocycles. The van der Waals surface area contributed by atoms with Crippen LogP contribution >= 0.6 is 11.8 Å². The Balaban J connectivity index is 1.32. The summed E-state index contributed by atoms with van der Waals surface area (Å²) in [5, 5.41) is 6.85. The maximum absolute atomic E-state index is 14.8. The Morgan fingerprint density at radius 2 is 2.11 bits per heavy atom. The summed E-state index contributed by atoms with van der Waals surface area (Å²) in [7, 11) is 2.17. The van der Waals surface area contributed by atoms with Crippen molar-refractivity contribution in [1.82, 2.24) is 14.9 Å². The Kier molecular flexibility index (Phi) is 6.41. The number of halogens is 1. The minimum Gasteiger partial charge on any atom is -0.492 e. The van der Waals surface area contributed by atoms with Crippen molar-refractivity contribution >= 4 is 35.1 Å². The number of likely N-dealkylation sites (tertiary alicyclic amines) is 1. The lowest BCUT2D eigenvalue weighted by Crippen LogP contribution is -2.46. The Hall–Kier alpha value is -2.59. The van der Waals surface area contributed by atoms with Gasteiger partial charge in [-0.3, -0.25) is 4.79 Å². The number of thioether (sulfide) groups is 1. The molecule has 192 valence electrons. The molecule has 3 fully saturated rings. The number of carbonyl (C=O) groups is 1. The molecule has 0 spiro atoms. The first-order valence-electron chi connectivity index (χ1n) is 12.9. The van der Waals surface area contributed by atoms with E-state index in [1.807, 2.05) is 23.9 Å². The zero-order chi connectivity index (χ0) is 24.8. The zero-order valence-corrected chi connectivity index (χ0v) is 21.3. The molecule has 4 N–H and O–H groups in total. The molecule has 4 aliphatic rings. The molecular formula is C26H33FN6O2S. The van der Waals surface area contributed by atoms with Crippen LogP contribution in [0, 0.1) is 23.6 Å². The highest BCUT2D eigenvalue weighted by molar-refractivity contribution is 7.99. The quantitative estimate of drug-likeness (QED) is 0.561. The van der Waals surface area contributed by atoms with Gasteiger partial charge in [0.25, 0.3) is 0 Å². The molecule has 1 saturated heterocycles. The third-order valence-electron chi connectivity index (χ3n) is 8.42. The lowest BCUT2D eigenvalue weighted by molar-refractivity contribution is -0.123. The van der Waals surface area contributed by atoms with Gasteiger partial charge in [-0.25, -0.2) is 9.37 Å². The highest BCUT2D eigenvalue weighted by atomic mass is 32.2. The van der Waals surface area contributed by atoms with E-state index in [1.54, 1.807) is 0 Å². The number of anilines is 3. The number of hydrogen-bond donors (Lipinski definition) is 3. The fraction of sp³-hybridized carbons (Fsp3) is 0.577. The van der Waals surface area contributed by atoms with E-state index in [0.29, 0.717) is 17.8 Å². The first-order chi connectivity index (χ1) is 17.5. The van der Waals surface area contributed by atoms with Crippen LogP contribution in [-0.4, -0.2) is 64.6 Å². The molecule has 10 heteroatoms. The third kappa shape index (κ3) is 4.49. The van der Waals surface area contributed by atoms with Gasteiger partial charge in [0, 0.05) is 28.8 Å². The molecule has 1 aromatic heterocycles. The number of hydrogen-bond acceptors (Lipinski definition) is 8. The second-order valence-electron chi connectivity index (χ2n) is 10.6. The van der Waals surface area contributed by atoms with Gasteiger partial charge in [0.05, 0.1) is 18.7 Å². The lowest BCUT2D eigenvalue weighted by atomic mass is 9.83. The number of benzene rings is 1. The van der Waals surface area contributed by atoms with Crippen LogP contribution in [0.2, 0.25) is 0 Å². The van der Waals surface area contributed by atoms with Crippen molar-refractivity contribution in [2.75, 3.05) is 43.1 Å². The van der Waals surface area contributed by atoms with Gasteiger partial charge in [-0.2, -0.15) is 16.7 Å². The van der Waals surface area contributed by atoms with Crippen molar-refractivity contribution in [3.8, 4) is 5.75 Å². The molecule has 6 rings (SSSR count). The Bertz CT molecular complexity index is 1140. The van der Waals surface area contributed by atoms with Gasteiger partial charge in [0.2, 0.25) is 11.9 Å². The molecule has 2 aliphatic carbocycles. The molecule has 0 radical (unpaired) electrons. The monoisotopic (exact) mass is 512 g/mol. The molecule has 5 atom stereocenters. The summed E-state index contributed by atoms with van der Waals surface area (Å²) in [6.07, 6.45) is 5.26.